The van der Waals surface area contributed by atoms with Crippen LogP contribution in [0.1, 0.15) is 22.7 Å². The minimum Gasteiger partial charge on any atom is -0.493 e. The van der Waals surface area contributed by atoms with Gasteiger partial charge in [-0.2, -0.15) is 0 Å². The Kier molecular flexibility index (Phi) is 8.06. The average molecular weight is 473 g/mol. The number of piperazine rings is 1. The maximum absolute atomic E-state index is 13.0. The maximum atomic E-state index is 13.0. The summed E-state index contributed by atoms with van der Waals surface area (Å²) in [5, 5.41) is 0. The Bertz CT molecular complexity index is 1100. The van der Waals surface area contributed by atoms with E-state index in [0.29, 0.717) is 30.3 Å². The Morgan fingerprint density at radius 1 is 0.743 bits per heavy atom. The summed E-state index contributed by atoms with van der Waals surface area (Å²) in [4.78, 5) is 17.3. The molecule has 6 nitrogen and oxygen atoms in total. The number of carbonyl (C=O) groups is 1. The monoisotopic (exact) mass is 472 g/mol. The second kappa shape index (κ2) is 11.6. The molecule has 3 aromatic rings. The molecule has 0 radical (unpaired) electrons. The molecule has 1 aliphatic rings. The van der Waals surface area contributed by atoms with Gasteiger partial charge in [-0.05, 0) is 29.3 Å². The Labute approximate surface area is 207 Å². The van der Waals surface area contributed by atoms with Crippen molar-refractivity contribution in [2.45, 2.75) is 6.04 Å². The summed E-state index contributed by atoms with van der Waals surface area (Å²) in [6, 6.07) is 24.9. The molecule has 0 spiro atoms. The van der Waals surface area contributed by atoms with Gasteiger partial charge in [0.05, 0.1) is 27.4 Å². The molecule has 1 aliphatic heterocycles. The molecule has 1 fully saturated rings. The molecule has 3 aromatic carbocycles. The van der Waals surface area contributed by atoms with E-state index in [1.165, 1.54) is 11.1 Å². The second-order valence-electron chi connectivity index (χ2n) is 8.34. The number of ether oxygens (including phenoxy) is 3. The molecule has 0 N–H and O–H groups in total. The summed E-state index contributed by atoms with van der Waals surface area (Å²) in [6.07, 6.45) is 3.37. The van der Waals surface area contributed by atoms with Crippen LogP contribution in [0.4, 0.5) is 0 Å². The van der Waals surface area contributed by atoms with Crippen LogP contribution in [0.5, 0.6) is 17.2 Å². The molecule has 0 aromatic heterocycles. The highest BCUT2D eigenvalue weighted by Gasteiger charge is 2.27. The summed E-state index contributed by atoms with van der Waals surface area (Å²) in [5.74, 6) is 1.60. The van der Waals surface area contributed by atoms with Gasteiger partial charge < -0.3 is 19.1 Å². The molecule has 4 rings (SSSR count). The standard InChI is InChI=1S/C29H32N2O4/c1-33-25-16-14-24(28(34-2)29(25)35-3)15-17-26(32)30-18-20-31(21-19-30)27(22-10-6-4-7-11-22)23-12-8-5-9-13-23/h4-17,27H,18-21H2,1-3H3. The van der Waals surface area contributed by atoms with Gasteiger partial charge in [0, 0.05) is 37.8 Å². The zero-order valence-electron chi connectivity index (χ0n) is 20.5. The Balaban J connectivity index is 1.46. The molecule has 1 heterocycles. The highest BCUT2D eigenvalue weighted by molar-refractivity contribution is 5.92. The molecule has 0 bridgehead atoms. The quantitative estimate of drug-likeness (QED) is 0.447. The first-order valence-corrected chi connectivity index (χ1v) is 11.8. The summed E-state index contributed by atoms with van der Waals surface area (Å²) in [6.45, 7) is 2.94. The van der Waals surface area contributed by atoms with Crippen molar-refractivity contribution >= 4 is 12.0 Å². The molecule has 35 heavy (non-hydrogen) atoms. The second-order valence-corrected chi connectivity index (χ2v) is 8.34. The van der Waals surface area contributed by atoms with Crippen molar-refractivity contribution in [3.63, 3.8) is 0 Å². The highest BCUT2D eigenvalue weighted by atomic mass is 16.5. The predicted octanol–water partition coefficient (Wildman–Crippen LogP) is 4.66. The number of amides is 1. The predicted molar refractivity (Wildman–Crippen MR) is 138 cm³/mol. The Morgan fingerprint density at radius 3 is 1.83 bits per heavy atom. The molecule has 6 heteroatoms. The Morgan fingerprint density at radius 2 is 1.31 bits per heavy atom. The summed E-state index contributed by atoms with van der Waals surface area (Å²) >= 11 is 0. The maximum Gasteiger partial charge on any atom is 0.246 e. The van der Waals surface area contributed by atoms with Crippen molar-refractivity contribution in [1.82, 2.24) is 9.80 Å². The molecule has 1 saturated heterocycles. The van der Waals surface area contributed by atoms with E-state index in [4.69, 9.17) is 14.2 Å². The first kappa shape index (κ1) is 24.4. The lowest BCUT2D eigenvalue weighted by atomic mass is 9.96. The lowest BCUT2D eigenvalue weighted by molar-refractivity contribution is -0.127. The number of methoxy groups -OCH3 is 3. The smallest absolute Gasteiger partial charge is 0.246 e. The van der Waals surface area contributed by atoms with Gasteiger partial charge in [-0.1, -0.05) is 60.7 Å². The minimum atomic E-state index is -0.0162. The lowest BCUT2D eigenvalue weighted by Gasteiger charge is -2.39. The van der Waals surface area contributed by atoms with Crippen LogP contribution in [-0.4, -0.2) is 63.2 Å². The van der Waals surface area contributed by atoms with Crippen LogP contribution >= 0.6 is 0 Å². The molecule has 1 amide bonds. The number of rotatable bonds is 8. The molecular weight excluding hydrogens is 440 g/mol. The summed E-state index contributed by atoms with van der Waals surface area (Å²) in [5.41, 5.74) is 3.28. The van der Waals surface area contributed by atoms with Crippen molar-refractivity contribution < 1.29 is 19.0 Å². The fraction of sp³-hybridized carbons (Fsp3) is 0.276. The third-order valence-corrected chi connectivity index (χ3v) is 6.36. The third-order valence-electron chi connectivity index (χ3n) is 6.36. The van der Waals surface area contributed by atoms with Crippen LogP contribution in [0, 0.1) is 0 Å². The number of benzene rings is 3. The largest absolute Gasteiger partial charge is 0.493 e. The van der Waals surface area contributed by atoms with Crippen molar-refractivity contribution in [3.05, 3.63) is 95.6 Å². The normalized spacial score (nSPS) is 14.3. The van der Waals surface area contributed by atoms with Crippen LogP contribution in [-0.2, 0) is 4.79 Å². The fourth-order valence-electron chi connectivity index (χ4n) is 4.61. The van der Waals surface area contributed by atoms with E-state index in [1.54, 1.807) is 39.5 Å². The first-order chi connectivity index (χ1) is 17.2. The van der Waals surface area contributed by atoms with Gasteiger partial charge in [-0.25, -0.2) is 0 Å². The summed E-state index contributed by atoms with van der Waals surface area (Å²) < 4.78 is 16.3. The van der Waals surface area contributed by atoms with E-state index in [-0.39, 0.29) is 11.9 Å². The van der Waals surface area contributed by atoms with Crippen molar-refractivity contribution in [1.29, 1.82) is 0 Å². The van der Waals surface area contributed by atoms with E-state index in [9.17, 15) is 4.79 Å². The van der Waals surface area contributed by atoms with E-state index in [0.717, 1.165) is 18.7 Å². The van der Waals surface area contributed by atoms with Crippen LogP contribution in [0.15, 0.2) is 78.9 Å². The van der Waals surface area contributed by atoms with Crippen molar-refractivity contribution in [3.8, 4) is 17.2 Å². The van der Waals surface area contributed by atoms with E-state index in [1.807, 2.05) is 23.1 Å². The molecule has 0 saturated carbocycles. The van der Waals surface area contributed by atoms with Crippen LogP contribution in [0.25, 0.3) is 6.08 Å². The van der Waals surface area contributed by atoms with Crippen LogP contribution in [0.2, 0.25) is 0 Å². The number of carbonyl (C=O) groups excluding carboxylic acids is 1. The molecule has 182 valence electrons. The molecule has 0 aliphatic carbocycles. The van der Waals surface area contributed by atoms with Crippen LogP contribution < -0.4 is 14.2 Å². The van der Waals surface area contributed by atoms with Crippen molar-refractivity contribution in [2.75, 3.05) is 47.5 Å². The zero-order valence-corrected chi connectivity index (χ0v) is 20.5. The van der Waals surface area contributed by atoms with Gasteiger partial charge in [0.2, 0.25) is 11.7 Å². The summed E-state index contributed by atoms with van der Waals surface area (Å²) in [7, 11) is 4.72. The molecular formula is C29H32N2O4. The van der Waals surface area contributed by atoms with Crippen molar-refractivity contribution in [2.24, 2.45) is 0 Å². The molecule has 0 atom stereocenters. The van der Waals surface area contributed by atoms with Gasteiger partial charge in [-0.3, -0.25) is 9.69 Å². The van der Waals surface area contributed by atoms with Crippen LogP contribution in [0.3, 0.4) is 0 Å². The van der Waals surface area contributed by atoms with Gasteiger partial charge in [0.15, 0.2) is 11.5 Å². The SMILES string of the molecule is COc1ccc(C=CC(=O)N2CCN(C(c3ccccc3)c3ccccc3)CC2)c(OC)c1OC. The highest BCUT2D eigenvalue weighted by Crippen LogP contribution is 2.40. The van der Waals surface area contributed by atoms with E-state index >= 15 is 0 Å². The minimum absolute atomic E-state index is 0.0162. The number of hydrogen-bond donors (Lipinski definition) is 0. The topological polar surface area (TPSA) is 51.2 Å². The van der Waals surface area contributed by atoms with Gasteiger partial charge in [0.25, 0.3) is 0 Å². The van der Waals surface area contributed by atoms with E-state index < -0.39 is 0 Å². The fourth-order valence-corrected chi connectivity index (χ4v) is 4.61. The Hall–Kier alpha value is -3.77. The van der Waals surface area contributed by atoms with Gasteiger partial charge in [0.1, 0.15) is 0 Å². The van der Waals surface area contributed by atoms with E-state index in [2.05, 4.69) is 53.4 Å². The van der Waals surface area contributed by atoms with Gasteiger partial charge in [-0.15, -0.1) is 0 Å². The first-order valence-electron chi connectivity index (χ1n) is 11.8. The van der Waals surface area contributed by atoms with Gasteiger partial charge >= 0.3 is 0 Å². The number of nitrogens with zero attached hydrogens (tertiary/aromatic N) is 2. The average Bonchev–Trinajstić information content (AvgIpc) is 2.92. The third kappa shape index (κ3) is 5.49. The zero-order chi connectivity index (χ0) is 24.6. The number of hydrogen-bond acceptors (Lipinski definition) is 5. The lowest BCUT2D eigenvalue weighted by Crippen LogP contribution is -2.49. The molecule has 0 unspecified atom stereocenters.